The smallest absolute Gasteiger partial charge is 0.323 e. The largest absolute Gasteiger partial charge is 0.497 e. The zero-order valence-electron chi connectivity index (χ0n) is 27.3. The number of amides is 2. The lowest BCUT2D eigenvalue weighted by atomic mass is 9.98. The van der Waals surface area contributed by atoms with Gasteiger partial charge >= 0.3 is 5.97 Å². The number of likely N-dealkylation sites (tertiary alicyclic amines) is 1. The predicted molar refractivity (Wildman–Crippen MR) is 182 cm³/mol. The number of methoxy groups -OCH3 is 1. The molecule has 6 N–H and O–H groups in total. The summed E-state index contributed by atoms with van der Waals surface area (Å²) in [5.74, 6) is 2.32. The molecular weight excluding hydrogens is 656 g/mol. The molecule has 3 aromatic carbocycles. The Balaban J connectivity index is 0.00000154. The molecule has 0 spiro atoms. The van der Waals surface area contributed by atoms with Gasteiger partial charge in [-0.25, -0.2) is 8.42 Å². The molecule has 264 valence electrons. The van der Waals surface area contributed by atoms with Crippen LogP contribution >= 0.6 is 0 Å². The third kappa shape index (κ3) is 12.4. The number of aliphatic carboxylic acids is 2. The van der Waals surface area contributed by atoms with Gasteiger partial charge in [-0.3, -0.25) is 19.2 Å². The van der Waals surface area contributed by atoms with Crippen molar-refractivity contribution in [1.82, 2.24) is 19.8 Å². The summed E-state index contributed by atoms with van der Waals surface area (Å²) in [6.45, 7) is 1.94. The molecule has 2 amide bonds. The predicted octanol–water partition coefficient (Wildman–Crippen LogP) is 1.82. The van der Waals surface area contributed by atoms with Crippen LogP contribution in [0, 0.1) is 5.92 Å². The molecule has 3 aromatic rings. The van der Waals surface area contributed by atoms with Crippen LogP contribution in [0.1, 0.15) is 31.7 Å². The molecule has 0 aliphatic carbocycles. The summed E-state index contributed by atoms with van der Waals surface area (Å²) < 4.78 is 34.8. The summed E-state index contributed by atoms with van der Waals surface area (Å²) in [6.07, 6.45) is 2.75. The van der Waals surface area contributed by atoms with Crippen molar-refractivity contribution in [2.24, 2.45) is 16.9 Å². The number of nitrogens with zero attached hydrogens (tertiary/aromatic N) is 3. The maximum absolute atomic E-state index is 13.9. The minimum Gasteiger partial charge on any atom is -0.497 e. The van der Waals surface area contributed by atoms with Crippen LogP contribution in [0.15, 0.2) is 76.7 Å². The number of benzene rings is 3. The van der Waals surface area contributed by atoms with Gasteiger partial charge in [-0.15, -0.1) is 0 Å². The normalized spacial score (nSPS) is 15.1. The molecule has 0 unspecified atom stereocenters. The highest BCUT2D eigenvalue weighted by Crippen LogP contribution is 2.21. The van der Waals surface area contributed by atoms with Crippen LogP contribution in [0.2, 0.25) is 0 Å². The summed E-state index contributed by atoms with van der Waals surface area (Å²) in [4.78, 5) is 50.7. The lowest BCUT2D eigenvalue weighted by Crippen LogP contribution is -2.51. The number of carbonyl (C=O) groups is 4. The number of fused-ring (bicyclic) bond motifs is 1. The zero-order valence-corrected chi connectivity index (χ0v) is 28.1. The van der Waals surface area contributed by atoms with E-state index in [4.69, 9.17) is 20.5 Å². The van der Waals surface area contributed by atoms with Crippen molar-refractivity contribution in [3.05, 3.63) is 72.3 Å². The van der Waals surface area contributed by atoms with Crippen LogP contribution in [0.3, 0.4) is 0 Å². The number of carboxylic acids is 2. The molecule has 1 fully saturated rings. The highest BCUT2D eigenvalue weighted by Gasteiger charge is 2.33. The SMILES string of the molecule is CC(=O)O.COc1cccc(CN(CC(=O)O)C(=O)[C@H](CC(=O)NC[C@@H]2CCCN(C=NN)C2)NS(=O)(=O)c2ccc3ccccc3c2)c1. The third-order valence-corrected chi connectivity index (χ3v) is 9.00. The highest BCUT2D eigenvalue weighted by atomic mass is 32.2. The number of hydrogen-bond acceptors (Lipinski definition) is 9. The standard InChI is InChI=1S/C31H38N6O7S.C2H4O2/c1-44-26-10-4-6-22(14-26)19-37(20-30(39)40)31(41)28(16-29(38)33-17-23-7-5-13-36(18-23)21-34-32)35-45(42,43)27-12-11-24-8-2-3-9-25(24)15-27;1-2(3)4/h2-4,6,8-12,14-15,21,23,28,35H,5,7,13,16-20,32H2,1H3,(H,33,38)(H,39,40);1H3,(H,3,4)/t23-,28-;/m0./s1. The lowest BCUT2D eigenvalue weighted by molar-refractivity contribution is -0.146. The fourth-order valence-corrected chi connectivity index (χ4v) is 6.56. The van der Waals surface area contributed by atoms with Crippen molar-refractivity contribution in [3.63, 3.8) is 0 Å². The van der Waals surface area contributed by atoms with E-state index >= 15 is 0 Å². The fourth-order valence-electron chi connectivity index (χ4n) is 5.33. The van der Waals surface area contributed by atoms with E-state index in [2.05, 4.69) is 15.1 Å². The summed E-state index contributed by atoms with van der Waals surface area (Å²) in [6, 6.07) is 16.9. The number of hydrogen-bond donors (Lipinski definition) is 5. The van der Waals surface area contributed by atoms with Gasteiger partial charge in [0.2, 0.25) is 21.8 Å². The van der Waals surface area contributed by atoms with E-state index in [9.17, 15) is 27.9 Å². The van der Waals surface area contributed by atoms with Crippen molar-refractivity contribution in [2.45, 2.75) is 43.7 Å². The molecule has 49 heavy (non-hydrogen) atoms. The van der Waals surface area contributed by atoms with Gasteiger partial charge < -0.3 is 35.9 Å². The van der Waals surface area contributed by atoms with Crippen LogP contribution in [-0.2, 0) is 35.7 Å². The first-order valence-corrected chi connectivity index (χ1v) is 16.9. The molecule has 1 aliphatic heterocycles. The molecule has 16 heteroatoms. The van der Waals surface area contributed by atoms with Crippen LogP contribution < -0.4 is 20.6 Å². The summed E-state index contributed by atoms with van der Waals surface area (Å²) in [5.41, 5.74) is 0.562. The van der Waals surface area contributed by atoms with Crippen molar-refractivity contribution in [3.8, 4) is 5.75 Å². The molecule has 2 atom stereocenters. The van der Waals surface area contributed by atoms with E-state index < -0.39 is 52.8 Å². The molecular formula is C33H42N6O9S. The Labute approximate surface area is 284 Å². The number of nitrogens with one attached hydrogen (secondary N) is 2. The van der Waals surface area contributed by atoms with Gasteiger partial charge in [-0.2, -0.15) is 9.82 Å². The number of sulfonamides is 1. The summed E-state index contributed by atoms with van der Waals surface area (Å²) in [5, 5.41) is 24.9. The Bertz CT molecular complexity index is 1750. The first-order valence-electron chi connectivity index (χ1n) is 15.4. The van der Waals surface area contributed by atoms with Crippen molar-refractivity contribution < 1.29 is 42.5 Å². The molecule has 1 aliphatic rings. The quantitative estimate of drug-likeness (QED) is 0.0707. The average Bonchev–Trinajstić information content (AvgIpc) is 3.06. The molecule has 0 saturated carbocycles. The van der Waals surface area contributed by atoms with Crippen LogP contribution in [0.5, 0.6) is 5.75 Å². The number of hydrazone groups is 1. The minimum atomic E-state index is -4.31. The fraction of sp³-hybridized carbons (Fsp3) is 0.364. The number of nitrogens with two attached hydrogens (primary N) is 1. The third-order valence-electron chi connectivity index (χ3n) is 7.53. The van der Waals surface area contributed by atoms with E-state index in [1.807, 2.05) is 17.0 Å². The van der Waals surface area contributed by atoms with Gasteiger partial charge in [-0.05, 0) is 59.4 Å². The molecule has 0 aromatic heterocycles. The van der Waals surface area contributed by atoms with Gasteiger partial charge in [0.15, 0.2) is 0 Å². The lowest BCUT2D eigenvalue weighted by Gasteiger charge is -2.31. The summed E-state index contributed by atoms with van der Waals surface area (Å²) >= 11 is 0. The van der Waals surface area contributed by atoms with Gasteiger partial charge in [0.05, 0.1) is 18.4 Å². The highest BCUT2D eigenvalue weighted by molar-refractivity contribution is 7.89. The van der Waals surface area contributed by atoms with E-state index in [0.29, 0.717) is 29.8 Å². The second kappa shape index (κ2) is 18.4. The number of rotatable bonds is 14. The Morgan fingerprint density at radius 2 is 1.80 bits per heavy atom. The molecule has 0 bridgehead atoms. The average molecular weight is 699 g/mol. The molecule has 0 radical (unpaired) electrons. The van der Waals surface area contributed by atoms with Gasteiger partial charge in [0.1, 0.15) is 24.7 Å². The Morgan fingerprint density at radius 1 is 1.08 bits per heavy atom. The van der Waals surface area contributed by atoms with Crippen molar-refractivity contribution in [1.29, 1.82) is 0 Å². The Morgan fingerprint density at radius 3 is 2.47 bits per heavy atom. The Hall–Kier alpha value is -5.22. The number of ether oxygens (including phenoxy) is 1. The van der Waals surface area contributed by atoms with Gasteiger partial charge in [0, 0.05) is 33.1 Å². The molecule has 15 nitrogen and oxygen atoms in total. The zero-order chi connectivity index (χ0) is 36.0. The van der Waals surface area contributed by atoms with Crippen molar-refractivity contribution in [2.75, 3.05) is 33.3 Å². The summed E-state index contributed by atoms with van der Waals surface area (Å²) in [7, 11) is -2.84. The topological polar surface area (TPSA) is 221 Å². The van der Waals surface area contributed by atoms with E-state index in [-0.39, 0.29) is 17.4 Å². The molecule has 4 rings (SSSR count). The first kappa shape index (κ1) is 38.2. The van der Waals surface area contributed by atoms with E-state index in [0.717, 1.165) is 36.6 Å². The number of carbonyl (C=O) groups excluding carboxylic acids is 2. The van der Waals surface area contributed by atoms with Crippen LogP contribution in [-0.4, -0.2) is 97.9 Å². The van der Waals surface area contributed by atoms with Crippen LogP contribution in [0.4, 0.5) is 0 Å². The first-order chi connectivity index (χ1) is 23.3. The maximum Gasteiger partial charge on any atom is 0.323 e. The second-order valence-corrected chi connectivity index (χ2v) is 13.1. The van der Waals surface area contributed by atoms with Gasteiger partial charge in [0.25, 0.3) is 5.97 Å². The van der Waals surface area contributed by atoms with E-state index in [1.54, 1.807) is 48.8 Å². The Kier molecular flexibility index (Phi) is 14.3. The van der Waals surface area contributed by atoms with Crippen LogP contribution in [0.25, 0.3) is 10.8 Å². The number of carboxylic acid groups (broad SMARTS) is 2. The second-order valence-electron chi connectivity index (χ2n) is 11.4. The van der Waals surface area contributed by atoms with Crippen molar-refractivity contribution >= 4 is 50.9 Å². The molecule has 1 heterocycles. The number of piperidine rings is 1. The van der Waals surface area contributed by atoms with Gasteiger partial charge in [-0.1, -0.05) is 42.5 Å². The maximum atomic E-state index is 13.9. The van der Waals surface area contributed by atoms with E-state index in [1.165, 1.54) is 19.2 Å². The molecule has 1 saturated heterocycles. The minimum absolute atomic E-state index is 0.0964. The monoisotopic (exact) mass is 698 g/mol.